The maximum atomic E-state index is 12.2. The summed E-state index contributed by atoms with van der Waals surface area (Å²) in [7, 11) is 0. The Morgan fingerprint density at radius 1 is 1.17 bits per heavy atom. The number of hydrogen-bond acceptors (Lipinski definition) is 3. The van der Waals surface area contributed by atoms with Crippen LogP contribution in [0.25, 0.3) is 5.65 Å². The van der Waals surface area contributed by atoms with E-state index in [1.807, 2.05) is 56.4 Å². The van der Waals surface area contributed by atoms with Crippen LogP contribution in [0.1, 0.15) is 28.5 Å². The van der Waals surface area contributed by atoms with Gasteiger partial charge in [0.05, 0.1) is 5.71 Å². The maximum absolute atomic E-state index is 12.2. The Hall–Kier alpha value is -2.47. The molecule has 3 aromatic rings. The second kappa shape index (κ2) is 6.34. The van der Waals surface area contributed by atoms with Crippen molar-refractivity contribution in [2.45, 2.75) is 13.8 Å². The number of halogens is 1. The highest BCUT2D eigenvalue weighted by molar-refractivity contribution is 9.10. The van der Waals surface area contributed by atoms with Crippen molar-refractivity contribution in [1.82, 2.24) is 14.8 Å². The van der Waals surface area contributed by atoms with Crippen LogP contribution in [0.4, 0.5) is 0 Å². The number of amides is 1. The van der Waals surface area contributed by atoms with Crippen LogP contribution in [0, 0.1) is 6.92 Å². The quantitative estimate of drug-likeness (QED) is 0.565. The lowest BCUT2D eigenvalue weighted by Gasteiger charge is -2.02. The first kappa shape index (κ1) is 15.4. The summed E-state index contributed by atoms with van der Waals surface area (Å²) in [4.78, 5) is 16.5. The minimum absolute atomic E-state index is 0.323. The second-order valence-corrected chi connectivity index (χ2v) is 6.16. The van der Waals surface area contributed by atoms with Gasteiger partial charge in [0.1, 0.15) is 11.3 Å². The van der Waals surface area contributed by atoms with E-state index in [-0.39, 0.29) is 5.91 Å². The third-order valence-electron chi connectivity index (χ3n) is 3.44. The molecule has 0 atom stereocenters. The summed E-state index contributed by atoms with van der Waals surface area (Å²) >= 11 is 3.39. The van der Waals surface area contributed by atoms with Gasteiger partial charge in [0.15, 0.2) is 0 Å². The third-order valence-corrected chi connectivity index (χ3v) is 3.91. The molecule has 1 aromatic carbocycles. The highest BCUT2D eigenvalue weighted by Gasteiger charge is 2.10. The van der Waals surface area contributed by atoms with Gasteiger partial charge in [-0.1, -0.05) is 29.8 Å². The molecule has 6 heteroatoms. The number of aromatic nitrogens is 2. The van der Waals surface area contributed by atoms with Gasteiger partial charge in [-0.25, -0.2) is 10.4 Å². The number of imidazole rings is 1. The molecule has 0 aliphatic heterocycles. The third kappa shape index (κ3) is 3.48. The first-order valence-electron chi connectivity index (χ1n) is 7.09. The van der Waals surface area contributed by atoms with Gasteiger partial charge in [0.25, 0.3) is 5.91 Å². The first-order chi connectivity index (χ1) is 11.0. The van der Waals surface area contributed by atoms with Crippen LogP contribution in [0.2, 0.25) is 0 Å². The number of hydrogen-bond donors (Lipinski definition) is 1. The molecule has 5 nitrogen and oxygen atoms in total. The summed E-state index contributed by atoms with van der Waals surface area (Å²) in [6, 6.07) is 11.7. The summed E-state index contributed by atoms with van der Waals surface area (Å²) in [5.74, 6) is -0.337. The Kier molecular flexibility index (Phi) is 4.25. The Morgan fingerprint density at radius 2 is 1.91 bits per heavy atom. The average Bonchev–Trinajstić information content (AvgIpc) is 2.96. The molecule has 0 bridgehead atoms. The second-order valence-electron chi connectivity index (χ2n) is 5.24. The molecule has 0 saturated heterocycles. The van der Waals surface area contributed by atoms with Gasteiger partial charge in [0, 0.05) is 16.9 Å². The van der Waals surface area contributed by atoms with Crippen LogP contribution in [-0.4, -0.2) is 21.0 Å². The first-order valence-corrected chi connectivity index (χ1v) is 7.88. The van der Waals surface area contributed by atoms with E-state index in [1.54, 1.807) is 10.6 Å². The van der Waals surface area contributed by atoms with Crippen molar-refractivity contribution >= 4 is 33.2 Å². The number of fused-ring (bicyclic) bond motifs is 1. The van der Waals surface area contributed by atoms with Crippen LogP contribution in [0.15, 0.2) is 58.4 Å². The Bertz CT molecular complexity index is 897. The predicted octanol–water partition coefficient (Wildman–Crippen LogP) is 3.56. The monoisotopic (exact) mass is 370 g/mol. The van der Waals surface area contributed by atoms with E-state index in [9.17, 15) is 4.79 Å². The van der Waals surface area contributed by atoms with Crippen LogP contribution in [-0.2, 0) is 0 Å². The predicted molar refractivity (Wildman–Crippen MR) is 93.7 cm³/mol. The molecule has 0 saturated carbocycles. The van der Waals surface area contributed by atoms with Crippen molar-refractivity contribution in [2.24, 2.45) is 5.10 Å². The normalized spacial score (nSPS) is 11.7. The minimum atomic E-state index is -0.337. The molecule has 2 heterocycles. The Balaban J connectivity index is 1.77. The van der Waals surface area contributed by atoms with Gasteiger partial charge < -0.3 is 4.40 Å². The minimum Gasteiger partial charge on any atom is -0.305 e. The van der Waals surface area contributed by atoms with Crippen LogP contribution >= 0.6 is 15.9 Å². The summed E-state index contributed by atoms with van der Waals surface area (Å²) in [5, 5.41) is 4.15. The molecule has 0 aliphatic rings. The van der Waals surface area contributed by atoms with Crippen LogP contribution in [0.3, 0.4) is 0 Å². The van der Waals surface area contributed by atoms with Gasteiger partial charge in [-0.3, -0.25) is 4.79 Å². The number of carbonyl (C=O) groups excluding carboxylic acids is 1. The lowest BCUT2D eigenvalue weighted by atomic mass is 10.1. The lowest BCUT2D eigenvalue weighted by molar-refractivity contribution is 0.0950. The molecule has 0 radical (unpaired) electrons. The van der Waals surface area contributed by atoms with Crippen molar-refractivity contribution in [3.05, 3.63) is 70.1 Å². The molecule has 0 spiro atoms. The summed E-state index contributed by atoms with van der Waals surface area (Å²) in [6.45, 7) is 3.88. The molecule has 23 heavy (non-hydrogen) atoms. The van der Waals surface area contributed by atoms with E-state index < -0.39 is 0 Å². The molecule has 3 rings (SSSR count). The van der Waals surface area contributed by atoms with Gasteiger partial charge in [-0.2, -0.15) is 5.10 Å². The van der Waals surface area contributed by atoms with Crippen molar-refractivity contribution in [1.29, 1.82) is 0 Å². The zero-order valence-corrected chi connectivity index (χ0v) is 14.3. The van der Waals surface area contributed by atoms with E-state index in [1.165, 1.54) is 5.56 Å². The number of pyridine rings is 1. The van der Waals surface area contributed by atoms with E-state index in [2.05, 4.69) is 31.4 Å². The Morgan fingerprint density at radius 3 is 2.65 bits per heavy atom. The highest BCUT2D eigenvalue weighted by Crippen LogP contribution is 2.12. The molecular weight excluding hydrogens is 356 g/mol. The highest BCUT2D eigenvalue weighted by atomic mass is 79.9. The largest absolute Gasteiger partial charge is 0.305 e. The number of nitrogens with zero attached hydrogens (tertiary/aromatic N) is 3. The Labute approximate surface area is 142 Å². The van der Waals surface area contributed by atoms with Gasteiger partial charge in [0.2, 0.25) is 0 Å². The fourth-order valence-corrected chi connectivity index (χ4v) is 2.48. The van der Waals surface area contributed by atoms with Crippen molar-refractivity contribution in [3.63, 3.8) is 0 Å². The average molecular weight is 371 g/mol. The van der Waals surface area contributed by atoms with E-state index in [0.29, 0.717) is 11.3 Å². The number of aryl methyl sites for hydroxylation is 1. The van der Waals surface area contributed by atoms with Gasteiger partial charge in [-0.05, 0) is 47.5 Å². The fraction of sp³-hybridized carbons (Fsp3) is 0.118. The molecule has 1 N–H and O–H groups in total. The molecule has 0 unspecified atom stereocenters. The fourth-order valence-electron chi connectivity index (χ4n) is 2.13. The van der Waals surface area contributed by atoms with Crippen molar-refractivity contribution in [2.75, 3.05) is 0 Å². The zero-order valence-electron chi connectivity index (χ0n) is 12.7. The van der Waals surface area contributed by atoms with Crippen molar-refractivity contribution < 1.29 is 4.79 Å². The summed E-state index contributed by atoms with van der Waals surface area (Å²) < 4.78 is 2.71. The standard InChI is InChI=1S/C17H15BrN4O/c1-11-3-5-13(6-4-11)12(2)20-21-17(23)15-10-22-9-14(18)7-8-16(22)19-15/h3-10H,1-2H3,(H,21,23)/b20-12+. The van der Waals surface area contributed by atoms with E-state index in [4.69, 9.17) is 0 Å². The number of nitrogens with one attached hydrogen (secondary N) is 1. The van der Waals surface area contributed by atoms with Crippen LogP contribution in [0.5, 0.6) is 0 Å². The lowest BCUT2D eigenvalue weighted by Crippen LogP contribution is -2.19. The molecule has 1 amide bonds. The number of rotatable bonds is 3. The van der Waals surface area contributed by atoms with Gasteiger partial charge in [-0.15, -0.1) is 0 Å². The molecule has 0 fully saturated rings. The topological polar surface area (TPSA) is 58.8 Å². The smallest absolute Gasteiger partial charge is 0.291 e. The SMILES string of the molecule is C/C(=N\NC(=O)c1cn2cc(Br)ccc2n1)c1ccc(C)cc1. The zero-order chi connectivity index (χ0) is 16.4. The van der Waals surface area contributed by atoms with Gasteiger partial charge >= 0.3 is 0 Å². The summed E-state index contributed by atoms with van der Waals surface area (Å²) in [6.07, 6.45) is 3.52. The van der Waals surface area contributed by atoms with E-state index >= 15 is 0 Å². The maximum Gasteiger partial charge on any atom is 0.291 e. The van der Waals surface area contributed by atoms with E-state index in [0.717, 1.165) is 15.7 Å². The summed E-state index contributed by atoms with van der Waals surface area (Å²) in [5.41, 5.74) is 6.47. The molecule has 0 aliphatic carbocycles. The number of hydrazone groups is 1. The van der Waals surface area contributed by atoms with Crippen molar-refractivity contribution in [3.8, 4) is 0 Å². The van der Waals surface area contributed by atoms with Crippen LogP contribution < -0.4 is 5.43 Å². The molecule has 2 aromatic heterocycles. The number of benzene rings is 1. The molecular formula is C17H15BrN4O. The molecule has 116 valence electrons. The number of carbonyl (C=O) groups is 1.